The first kappa shape index (κ1) is 18.0. The number of ketones is 1. The van der Waals surface area contributed by atoms with Gasteiger partial charge in [0.15, 0.2) is 5.76 Å². The van der Waals surface area contributed by atoms with Crippen molar-refractivity contribution < 1.29 is 30.9 Å². The third-order valence-electron chi connectivity index (χ3n) is 3.98. The van der Waals surface area contributed by atoms with Crippen LogP contribution in [-0.2, 0) is 10.1 Å². The monoisotopic (exact) mass is 400 g/mol. The molecule has 0 bridgehead atoms. The van der Waals surface area contributed by atoms with Gasteiger partial charge in [-0.3, -0.25) is 4.79 Å². The second-order valence-corrected chi connectivity index (χ2v) is 7.58. The Labute approximate surface area is 159 Å². The molecule has 142 valence electrons. The summed E-state index contributed by atoms with van der Waals surface area (Å²) in [5.74, 6) is 0.437. The summed E-state index contributed by atoms with van der Waals surface area (Å²) in [6.45, 7) is 1.78. The van der Waals surface area contributed by atoms with Gasteiger partial charge >= 0.3 is 10.1 Å². The number of Topliss-reactive ketones (excluding diaryl/α,β-unsaturated/α-hetero) is 1. The van der Waals surface area contributed by atoms with Gasteiger partial charge in [-0.25, -0.2) is 4.39 Å². The molecule has 0 N–H and O–H groups in total. The lowest BCUT2D eigenvalue weighted by atomic mass is 10.1. The van der Waals surface area contributed by atoms with Crippen LogP contribution in [0, 0.1) is 12.7 Å². The van der Waals surface area contributed by atoms with Crippen molar-refractivity contribution in [2.75, 3.05) is 0 Å². The highest BCUT2D eigenvalue weighted by Gasteiger charge is 2.29. The molecule has 28 heavy (non-hydrogen) atoms. The van der Waals surface area contributed by atoms with E-state index in [-0.39, 0.29) is 33.5 Å². The van der Waals surface area contributed by atoms with Gasteiger partial charge < -0.3 is 13.3 Å². The standard InChI is InChI=1S/C20H13FO6S/c1-12-2-5-14(25-12)10-19-20(22)17-9-6-15(11-18(17)26-19)27-28(23,24)16-7-3-13(21)4-8-16/h2-11H,1H3. The predicted octanol–water partition coefficient (Wildman–Crippen LogP) is 4.11. The maximum Gasteiger partial charge on any atom is 0.339 e. The molecule has 1 aliphatic rings. The zero-order chi connectivity index (χ0) is 19.9. The molecule has 4 rings (SSSR count). The SMILES string of the molecule is Cc1ccc(C=C2Oc3cc(OS(=O)(=O)c4ccc(F)cc4)ccc3C2=O)o1. The van der Waals surface area contributed by atoms with Crippen LogP contribution in [0.25, 0.3) is 6.08 Å². The Bertz CT molecular complexity index is 1210. The minimum atomic E-state index is -4.16. The third-order valence-corrected chi connectivity index (χ3v) is 5.25. The van der Waals surface area contributed by atoms with Crippen LogP contribution in [0.2, 0.25) is 0 Å². The number of halogens is 1. The van der Waals surface area contributed by atoms with Crippen LogP contribution >= 0.6 is 0 Å². The summed E-state index contributed by atoms with van der Waals surface area (Å²) < 4.78 is 53.6. The van der Waals surface area contributed by atoms with E-state index < -0.39 is 15.9 Å². The number of furan rings is 1. The summed E-state index contributed by atoms with van der Waals surface area (Å²) in [4.78, 5) is 12.2. The lowest BCUT2D eigenvalue weighted by molar-refractivity contribution is 0.101. The molecule has 0 atom stereocenters. The molecule has 3 aromatic rings. The van der Waals surface area contributed by atoms with E-state index in [9.17, 15) is 17.6 Å². The Kier molecular flexibility index (Phi) is 4.27. The maximum atomic E-state index is 13.0. The summed E-state index contributed by atoms with van der Waals surface area (Å²) in [5, 5.41) is 0. The number of carbonyl (C=O) groups excluding carboxylic acids is 1. The normalized spacial score (nSPS) is 14.8. The lowest BCUT2D eigenvalue weighted by Crippen LogP contribution is -2.09. The van der Waals surface area contributed by atoms with Gasteiger partial charge in [-0.15, -0.1) is 0 Å². The van der Waals surface area contributed by atoms with Crippen LogP contribution in [-0.4, -0.2) is 14.2 Å². The van der Waals surface area contributed by atoms with Crippen LogP contribution in [0.15, 0.2) is 69.7 Å². The molecule has 0 amide bonds. The first-order chi connectivity index (χ1) is 13.3. The molecule has 1 aromatic heterocycles. The molecular weight excluding hydrogens is 387 g/mol. The average molecular weight is 400 g/mol. The van der Waals surface area contributed by atoms with E-state index in [4.69, 9.17) is 13.3 Å². The van der Waals surface area contributed by atoms with Crippen molar-refractivity contribution in [3.8, 4) is 11.5 Å². The second kappa shape index (κ2) is 6.65. The maximum absolute atomic E-state index is 13.0. The van der Waals surface area contributed by atoms with E-state index in [2.05, 4.69) is 0 Å². The Morgan fingerprint density at radius 2 is 1.79 bits per heavy atom. The highest BCUT2D eigenvalue weighted by Crippen LogP contribution is 2.35. The first-order valence-electron chi connectivity index (χ1n) is 8.17. The largest absolute Gasteiger partial charge is 0.462 e. The predicted molar refractivity (Wildman–Crippen MR) is 97.0 cm³/mol. The number of carbonyl (C=O) groups is 1. The third kappa shape index (κ3) is 3.41. The Balaban J connectivity index is 1.59. The van der Waals surface area contributed by atoms with Crippen molar-refractivity contribution in [2.24, 2.45) is 0 Å². The number of hydrogen-bond donors (Lipinski definition) is 0. The number of benzene rings is 2. The molecule has 0 aliphatic carbocycles. The Morgan fingerprint density at radius 3 is 2.46 bits per heavy atom. The van der Waals surface area contributed by atoms with E-state index in [0.717, 1.165) is 24.3 Å². The van der Waals surface area contributed by atoms with E-state index in [1.165, 1.54) is 24.3 Å². The van der Waals surface area contributed by atoms with Gasteiger partial charge in [0.2, 0.25) is 5.78 Å². The molecule has 0 saturated heterocycles. The summed E-state index contributed by atoms with van der Waals surface area (Å²) in [6, 6.07) is 11.8. The highest BCUT2D eigenvalue weighted by atomic mass is 32.2. The van der Waals surface area contributed by atoms with Crippen molar-refractivity contribution in [3.63, 3.8) is 0 Å². The topological polar surface area (TPSA) is 82.8 Å². The molecule has 0 unspecified atom stereocenters. The van der Waals surface area contributed by atoms with Crippen molar-refractivity contribution in [3.05, 3.63) is 83.3 Å². The molecule has 0 fully saturated rings. The quantitative estimate of drug-likeness (QED) is 0.484. The van der Waals surface area contributed by atoms with Crippen LogP contribution in [0.1, 0.15) is 21.9 Å². The molecule has 0 radical (unpaired) electrons. The number of hydrogen-bond acceptors (Lipinski definition) is 6. The van der Waals surface area contributed by atoms with E-state index in [0.29, 0.717) is 11.5 Å². The van der Waals surface area contributed by atoms with Gasteiger partial charge in [-0.05, 0) is 55.5 Å². The van der Waals surface area contributed by atoms with Gasteiger partial charge in [0.05, 0.1) is 5.56 Å². The molecule has 6 nitrogen and oxygen atoms in total. The first-order valence-corrected chi connectivity index (χ1v) is 9.57. The smallest absolute Gasteiger partial charge is 0.339 e. The summed E-state index contributed by atoms with van der Waals surface area (Å²) in [7, 11) is -4.16. The molecule has 0 spiro atoms. The number of rotatable bonds is 4. The average Bonchev–Trinajstić information content (AvgIpc) is 3.18. The fourth-order valence-electron chi connectivity index (χ4n) is 2.66. The van der Waals surface area contributed by atoms with E-state index in [1.54, 1.807) is 19.1 Å². The van der Waals surface area contributed by atoms with Gasteiger partial charge in [-0.1, -0.05) is 0 Å². The van der Waals surface area contributed by atoms with Crippen LogP contribution in [0.5, 0.6) is 11.5 Å². The molecule has 2 heterocycles. The molecule has 2 aromatic carbocycles. The van der Waals surface area contributed by atoms with Crippen LogP contribution in [0.4, 0.5) is 4.39 Å². The van der Waals surface area contributed by atoms with Crippen molar-refractivity contribution >= 4 is 22.0 Å². The summed E-state index contributed by atoms with van der Waals surface area (Å²) >= 11 is 0. The Morgan fingerprint density at radius 1 is 1.04 bits per heavy atom. The zero-order valence-electron chi connectivity index (χ0n) is 14.5. The Hall–Kier alpha value is -3.39. The van der Waals surface area contributed by atoms with Gasteiger partial charge in [-0.2, -0.15) is 8.42 Å². The summed E-state index contributed by atoms with van der Waals surface area (Å²) in [6.07, 6.45) is 1.46. The fourth-order valence-corrected chi connectivity index (χ4v) is 3.58. The van der Waals surface area contributed by atoms with Crippen LogP contribution < -0.4 is 8.92 Å². The molecule has 8 heteroatoms. The zero-order valence-corrected chi connectivity index (χ0v) is 15.3. The lowest BCUT2D eigenvalue weighted by Gasteiger charge is -2.07. The summed E-state index contributed by atoms with van der Waals surface area (Å²) in [5.41, 5.74) is 0.279. The minimum absolute atomic E-state index is 0.0361. The highest BCUT2D eigenvalue weighted by molar-refractivity contribution is 7.87. The fraction of sp³-hybridized carbons (Fsp3) is 0.0500. The number of fused-ring (bicyclic) bond motifs is 1. The molecule has 0 saturated carbocycles. The number of aryl methyl sites for hydroxylation is 1. The van der Waals surface area contributed by atoms with E-state index in [1.807, 2.05) is 0 Å². The molecular formula is C20H13FO6S. The van der Waals surface area contributed by atoms with Crippen molar-refractivity contribution in [1.82, 2.24) is 0 Å². The van der Waals surface area contributed by atoms with Crippen molar-refractivity contribution in [2.45, 2.75) is 11.8 Å². The van der Waals surface area contributed by atoms with Gasteiger partial charge in [0.1, 0.15) is 33.7 Å². The van der Waals surface area contributed by atoms with Crippen LogP contribution in [0.3, 0.4) is 0 Å². The second-order valence-electron chi connectivity index (χ2n) is 6.04. The minimum Gasteiger partial charge on any atom is -0.462 e. The number of allylic oxidation sites excluding steroid dienone is 1. The van der Waals surface area contributed by atoms with Gasteiger partial charge in [0.25, 0.3) is 0 Å². The van der Waals surface area contributed by atoms with Gasteiger partial charge in [0, 0.05) is 12.1 Å². The molecule has 1 aliphatic heterocycles. The van der Waals surface area contributed by atoms with Crippen molar-refractivity contribution in [1.29, 1.82) is 0 Å². The van der Waals surface area contributed by atoms with E-state index >= 15 is 0 Å². The number of ether oxygens (including phenoxy) is 1.